The first-order chi connectivity index (χ1) is 19.9. The zero-order valence-electron chi connectivity index (χ0n) is 21.9. The molecule has 3 aromatic carbocycles. The summed E-state index contributed by atoms with van der Waals surface area (Å²) in [6, 6.07) is 14.7. The summed E-state index contributed by atoms with van der Waals surface area (Å²) in [6.45, 7) is 0.839. The number of aliphatic hydroxyl groups is 1. The van der Waals surface area contributed by atoms with Gasteiger partial charge in [-0.05, 0) is 24.1 Å². The molecule has 0 amide bonds. The van der Waals surface area contributed by atoms with Gasteiger partial charge >= 0.3 is 12.1 Å². The molecule has 5 rings (SSSR count). The van der Waals surface area contributed by atoms with E-state index in [-0.39, 0.29) is 16.1 Å². The number of fused-ring (bicyclic) bond motifs is 1. The third kappa shape index (κ3) is 3.83. The van der Waals surface area contributed by atoms with E-state index in [0.717, 1.165) is 12.1 Å². The zero-order chi connectivity index (χ0) is 30.6. The number of halogens is 4. The summed E-state index contributed by atoms with van der Waals surface area (Å²) in [5.74, 6) is -11.7. The Balaban J connectivity index is 2.01. The fourth-order valence-corrected chi connectivity index (χ4v) is 7.12. The van der Waals surface area contributed by atoms with Crippen LogP contribution in [0.5, 0.6) is 0 Å². The number of ether oxygens (including phenoxy) is 1. The monoisotopic (exact) mass is 601 g/mol. The van der Waals surface area contributed by atoms with Crippen LogP contribution in [0.15, 0.2) is 78.9 Å². The zero-order valence-corrected chi connectivity index (χ0v) is 22.6. The minimum Gasteiger partial charge on any atom is -0.466 e. The Morgan fingerprint density at radius 1 is 0.976 bits per heavy atom. The Morgan fingerprint density at radius 2 is 1.50 bits per heavy atom. The Kier molecular flexibility index (Phi) is 7.23. The number of nitrogens with zero attached hydrogens (tertiary/aromatic N) is 1. The first-order valence-corrected chi connectivity index (χ1v) is 13.3. The Morgan fingerprint density at radius 3 is 2.00 bits per heavy atom. The third-order valence-electron chi connectivity index (χ3n) is 8.36. The van der Waals surface area contributed by atoms with Crippen LogP contribution in [0.4, 0.5) is 13.2 Å². The molecule has 1 saturated carbocycles. The second-order valence-electron chi connectivity index (χ2n) is 10.2. The topological polar surface area (TPSA) is 124 Å². The fraction of sp³-hybridized carbons (Fsp3) is 0.300. The van der Waals surface area contributed by atoms with Crippen LogP contribution >= 0.6 is 11.6 Å². The molecule has 1 spiro atoms. The summed E-state index contributed by atoms with van der Waals surface area (Å²) in [5.41, 5.74) is -9.39. The van der Waals surface area contributed by atoms with Gasteiger partial charge in [-0.15, -0.1) is 0 Å². The van der Waals surface area contributed by atoms with Gasteiger partial charge in [0.2, 0.25) is 6.04 Å². The van der Waals surface area contributed by atoms with Crippen molar-refractivity contribution >= 4 is 29.1 Å². The number of hydrogen-bond acceptors (Lipinski definition) is 7. The molecule has 1 N–H and O–H groups in total. The molecule has 0 heterocycles. The van der Waals surface area contributed by atoms with Gasteiger partial charge in [-0.25, -0.2) is 0 Å². The molecule has 0 radical (unpaired) electrons. The molecule has 8 nitrogen and oxygen atoms in total. The smallest absolute Gasteiger partial charge is 0.419 e. The van der Waals surface area contributed by atoms with Crippen LogP contribution < -0.4 is 0 Å². The standard InChI is InChI=1S/C30H23ClF3NO7/c1-2-42-27(38)23-21(19-14-8-9-15-20(19)31)24(35(40)41)22(16-10-4-3-5-11-16)28(29(23,39)30(32,33)34)25(36)17-12-6-7-13-18(17)26(28)37/h3-15,21-24,39H,2H2,1H3/t21-,22+,23+,24-,29-/m1/s1. The molecule has 42 heavy (non-hydrogen) atoms. The van der Waals surface area contributed by atoms with Crippen molar-refractivity contribution in [2.75, 3.05) is 6.61 Å². The van der Waals surface area contributed by atoms with Gasteiger partial charge in [0.25, 0.3) is 0 Å². The van der Waals surface area contributed by atoms with Crippen LogP contribution in [-0.2, 0) is 9.53 Å². The molecule has 2 aliphatic rings. The van der Waals surface area contributed by atoms with Crippen LogP contribution in [0.3, 0.4) is 0 Å². The van der Waals surface area contributed by atoms with Crippen molar-refractivity contribution in [3.8, 4) is 0 Å². The molecule has 12 heteroatoms. The van der Waals surface area contributed by atoms with E-state index in [9.17, 15) is 29.6 Å². The number of alkyl halides is 3. The first kappa shape index (κ1) is 29.4. The molecule has 0 aliphatic heterocycles. The van der Waals surface area contributed by atoms with Gasteiger partial charge in [-0.3, -0.25) is 24.5 Å². The number of carbonyl (C=O) groups excluding carboxylic acids is 3. The van der Waals surface area contributed by atoms with Crippen LogP contribution in [0.1, 0.15) is 50.6 Å². The maximum atomic E-state index is 15.7. The van der Waals surface area contributed by atoms with Crippen molar-refractivity contribution in [3.05, 3.63) is 116 Å². The predicted octanol–water partition coefficient (Wildman–Crippen LogP) is 5.40. The molecule has 0 unspecified atom stereocenters. The largest absolute Gasteiger partial charge is 0.466 e. The number of carbonyl (C=O) groups is 3. The van der Waals surface area contributed by atoms with Crippen LogP contribution in [-0.4, -0.2) is 52.0 Å². The Labute approximate surface area is 242 Å². The minimum absolute atomic E-state index is 0.184. The molecular weight excluding hydrogens is 579 g/mol. The van der Waals surface area contributed by atoms with E-state index in [1.54, 1.807) is 0 Å². The summed E-state index contributed by atoms with van der Waals surface area (Å²) in [4.78, 5) is 54.5. The third-order valence-corrected chi connectivity index (χ3v) is 8.70. The summed E-state index contributed by atoms with van der Waals surface area (Å²) < 4.78 is 52.0. The molecule has 0 aromatic heterocycles. The lowest BCUT2D eigenvalue weighted by Crippen LogP contribution is -2.76. The Bertz CT molecular complexity index is 1560. The summed E-state index contributed by atoms with van der Waals surface area (Å²) in [7, 11) is 0. The molecule has 0 bridgehead atoms. The van der Waals surface area contributed by atoms with Crippen LogP contribution in [0.2, 0.25) is 5.02 Å². The van der Waals surface area contributed by atoms with Gasteiger partial charge in [-0.2, -0.15) is 13.2 Å². The lowest BCUT2D eigenvalue weighted by molar-refractivity contribution is -0.544. The van der Waals surface area contributed by atoms with Crippen molar-refractivity contribution in [2.24, 2.45) is 11.3 Å². The Hall–Kier alpha value is -4.09. The minimum atomic E-state index is -5.86. The molecule has 0 saturated heterocycles. The molecular formula is C30H23ClF3NO7. The van der Waals surface area contributed by atoms with E-state index in [2.05, 4.69) is 0 Å². The van der Waals surface area contributed by atoms with Crippen molar-refractivity contribution in [1.82, 2.24) is 0 Å². The maximum Gasteiger partial charge on any atom is 0.419 e. The molecule has 2 aliphatic carbocycles. The van der Waals surface area contributed by atoms with Gasteiger partial charge in [-0.1, -0.05) is 84.4 Å². The normalized spacial score (nSPS) is 26.6. The molecule has 3 aromatic rings. The lowest BCUT2D eigenvalue weighted by atomic mass is 9.45. The van der Waals surface area contributed by atoms with Crippen LogP contribution in [0.25, 0.3) is 0 Å². The second-order valence-corrected chi connectivity index (χ2v) is 10.6. The number of nitro groups is 1. The maximum absolute atomic E-state index is 15.7. The summed E-state index contributed by atoms with van der Waals surface area (Å²) in [6.07, 6.45) is -5.86. The number of ketones is 2. The number of benzene rings is 3. The van der Waals surface area contributed by atoms with E-state index in [1.807, 2.05) is 0 Å². The quantitative estimate of drug-likeness (QED) is 0.180. The first-order valence-electron chi connectivity index (χ1n) is 12.9. The highest BCUT2D eigenvalue weighted by Gasteiger charge is 2.87. The van der Waals surface area contributed by atoms with Gasteiger partial charge < -0.3 is 9.84 Å². The second kappa shape index (κ2) is 10.3. The molecule has 5 atom stereocenters. The SMILES string of the molecule is CCOC(=O)[C@@H]1[C@@H](c2ccccc2Cl)[C@@H]([N+](=O)[O-])[C@H](c2ccccc2)C2(C(=O)c3ccccc3C2=O)[C@@]1(O)C(F)(F)F. The van der Waals surface area contributed by atoms with Gasteiger partial charge in [0.05, 0.1) is 18.4 Å². The van der Waals surface area contributed by atoms with Gasteiger partial charge in [0.15, 0.2) is 17.2 Å². The molecule has 218 valence electrons. The highest BCUT2D eigenvalue weighted by atomic mass is 35.5. The average molecular weight is 602 g/mol. The van der Waals surface area contributed by atoms with E-state index in [0.29, 0.717) is 0 Å². The molecule has 1 fully saturated rings. The van der Waals surface area contributed by atoms with Crippen LogP contribution in [0, 0.1) is 21.4 Å². The van der Waals surface area contributed by atoms with E-state index in [1.165, 1.54) is 73.7 Å². The van der Waals surface area contributed by atoms with Crippen molar-refractivity contribution in [1.29, 1.82) is 0 Å². The predicted molar refractivity (Wildman–Crippen MR) is 143 cm³/mol. The number of Topliss-reactive ketones (excluding diaryl/α,β-unsaturated/α-hetero) is 2. The van der Waals surface area contributed by atoms with Crippen molar-refractivity contribution in [2.45, 2.75) is 36.6 Å². The number of esters is 1. The van der Waals surface area contributed by atoms with Gasteiger partial charge in [0, 0.05) is 21.1 Å². The number of hydrogen-bond donors (Lipinski definition) is 1. The summed E-state index contributed by atoms with van der Waals surface area (Å²) >= 11 is 6.39. The van der Waals surface area contributed by atoms with Crippen molar-refractivity contribution in [3.63, 3.8) is 0 Å². The average Bonchev–Trinajstić information content (AvgIpc) is 3.17. The fourth-order valence-electron chi connectivity index (χ4n) is 6.86. The highest BCUT2D eigenvalue weighted by molar-refractivity contribution is 6.32. The summed E-state index contributed by atoms with van der Waals surface area (Å²) in [5, 5.41) is 25.1. The van der Waals surface area contributed by atoms with E-state index >= 15 is 13.2 Å². The lowest BCUT2D eigenvalue weighted by Gasteiger charge is -2.56. The van der Waals surface area contributed by atoms with Crippen molar-refractivity contribution < 1.29 is 42.3 Å². The van der Waals surface area contributed by atoms with Gasteiger partial charge in [0.1, 0.15) is 11.3 Å². The number of rotatable bonds is 5. The van der Waals surface area contributed by atoms with E-state index < -0.39 is 81.2 Å². The highest BCUT2D eigenvalue weighted by Crippen LogP contribution is 2.68. The van der Waals surface area contributed by atoms with E-state index in [4.69, 9.17) is 16.3 Å².